The summed E-state index contributed by atoms with van der Waals surface area (Å²) < 4.78 is 5.54. The third-order valence-electron chi connectivity index (χ3n) is 4.57. The molecule has 4 nitrogen and oxygen atoms in total. The topological polar surface area (TPSA) is 70.1 Å². The largest absolute Gasteiger partial charge is 0.481 e. The number of epoxide rings is 1. The lowest BCUT2D eigenvalue weighted by Gasteiger charge is -2.04. The lowest BCUT2D eigenvalue weighted by molar-refractivity contribution is -0.141. The molecular weight excluding hydrogens is 292 g/mol. The van der Waals surface area contributed by atoms with Crippen molar-refractivity contribution in [2.45, 2.75) is 96.4 Å². The molecule has 0 spiro atoms. The molecule has 0 radical (unpaired) electrons. The van der Waals surface area contributed by atoms with E-state index in [0.717, 1.165) is 6.42 Å². The number of unbranched alkanes of at least 4 members (excludes halogenated alkanes) is 6. The van der Waals surface area contributed by atoms with E-state index in [1.165, 1.54) is 44.9 Å². The van der Waals surface area contributed by atoms with E-state index in [-0.39, 0.29) is 18.1 Å². The van der Waals surface area contributed by atoms with E-state index in [1.807, 2.05) is 6.08 Å². The third-order valence-corrected chi connectivity index (χ3v) is 4.57. The molecule has 1 rings (SSSR count). The van der Waals surface area contributed by atoms with Gasteiger partial charge in [-0.1, -0.05) is 70.9 Å². The molecule has 134 valence electrons. The van der Waals surface area contributed by atoms with Crippen molar-refractivity contribution in [3.63, 3.8) is 0 Å². The minimum atomic E-state index is -0.765. The summed E-state index contributed by atoms with van der Waals surface area (Å²) in [7, 11) is 0. The number of rotatable bonds is 14. The highest BCUT2D eigenvalue weighted by molar-refractivity contribution is 5.69. The fraction of sp³-hybridized carbons (Fsp3) is 0.842. The molecule has 1 saturated heterocycles. The van der Waals surface area contributed by atoms with Gasteiger partial charge in [0, 0.05) is 0 Å². The molecule has 4 unspecified atom stereocenters. The van der Waals surface area contributed by atoms with Gasteiger partial charge in [0.25, 0.3) is 0 Å². The maximum atomic E-state index is 10.7. The van der Waals surface area contributed by atoms with E-state index in [9.17, 15) is 9.90 Å². The number of aliphatic carboxylic acids is 1. The molecule has 1 aliphatic rings. The summed E-state index contributed by atoms with van der Waals surface area (Å²) in [6, 6.07) is 0. The van der Waals surface area contributed by atoms with Gasteiger partial charge in [0.15, 0.2) is 0 Å². The van der Waals surface area contributed by atoms with Crippen LogP contribution in [0.15, 0.2) is 12.2 Å². The first kappa shape index (κ1) is 20.2. The standard InChI is InChI=1S/C19H34O4/c1-3-4-5-6-7-8-9-14-17-18(23-17)16(20)13-11-10-12-15(2)19(21)22/h11,13,15-18,20H,3-10,12,14H2,1-2H3,(H,21,22)/b13-11-. The van der Waals surface area contributed by atoms with Crippen LogP contribution in [0.2, 0.25) is 0 Å². The van der Waals surface area contributed by atoms with E-state index < -0.39 is 12.1 Å². The number of carbonyl (C=O) groups is 1. The highest BCUT2D eigenvalue weighted by Gasteiger charge is 2.42. The Labute approximate surface area is 140 Å². The zero-order valence-corrected chi connectivity index (χ0v) is 14.7. The van der Waals surface area contributed by atoms with Gasteiger partial charge in [-0.2, -0.15) is 0 Å². The quantitative estimate of drug-likeness (QED) is 0.283. The van der Waals surface area contributed by atoms with Crippen molar-refractivity contribution in [1.29, 1.82) is 0 Å². The minimum absolute atomic E-state index is 0.0526. The monoisotopic (exact) mass is 326 g/mol. The van der Waals surface area contributed by atoms with Crippen LogP contribution in [-0.2, 0) is 9.53 Å². The summed E-state index contributed by atoms with van der Waals surface area (Å²) in [5.41, 5.74) is 0. The van der Waals surface area contributed by atoms with Gasteiger partial charge in [-0.05, 0) is 19.3 Å². The molecule has 0 aromatic heterocycles. The molecule has 0 bridgehead atoms. The van der Waals surface area contributed by atoms with Crippen LogP contribution in [0.4, 0.5) is 0 Å². The Kier molecular flexibility index (Phi) is 10.2. The van der Waals surface area contributed by atoms with E-state index >= 15 is 0 Å². The SMILES string of the molecule is CCCCCCCCCC1OC1C(O)/C=C\CCC(C)C(=O)O. The normalized spacial score (nSPS) is 23.1. The minimum Gasteiger partial charge on any atom is -0.481 e. The van der Waals surface area contributed by atoms with Crippen LogP contribution in [0.25, 0.3) is 0 Å². The Hall–Kier alpha value is -0.870. The first-order valence-corrected chi connectivity index (χ1v) is 9.29. The summed E-state index contributed by atoms with van der Waals surface area (Å²) >= 11 is 0. The van der Waals surface area contributed by atoms with Crippen LogP contribution < -0.4 is 0 Å². The molecule has 0 aromatic rings. The molecule has 1 aliphatic heterocycles. The van der Waals surface area contributed by atoms with Crippen molar-refractivity contribution in [2.24, 2.45) is 5.92 Å². The van der Waals surface area contributed by atoms with Gasteiger partial charge in [-0.25, -0.2) is 0 Å². The van der Waals surface area contributed by atoms with Gasteiger partial charge >= 0.3 is 5.97 Å². The molecule has 2 N–H and O–H groups in total. The second-order valence-corrected chi connectivity index (χ2v) is 6.78. The van der Waals surface area contributed by atoms with Crippen molar-refractivity contribution < 1.29 is 19.7 Å². The molecule has 0 amide bonds. The van der Waals surface area contributed by atoms with E-state index in [0.29, 0.717) is 12.8 Å². The van der Waals surface area contributed by atoms with Gasteiger partial charge in [0.05, 0.1) is 12.0 Å². The zero-order valence-electron chi connectivity index (χ0n) is 14.7. The summed E-state index contributed by atoms with van der Waals surface area (Å²) in [6.07, 6.45) is 14.6. The smallest absolute Gasteiger partial charge is 0.306 e. The number of hydrogen-bond donors (Lipinski definition) is 2. The highest BCUT2D eigenvalue weighted by Crippen LogP contribution is 2.31. The number of carboxylic acids is 1. The number of aliphatic hydroxyl groups is 1. The molecule has 1 fully saturated rings. The van der Waals surface area contributed by atoms with E-state index in [2.05, 4.69) is 6.92 Å². The van der Waals surface area contributed by atoms with Gasteiger partial charge in [-0.3, -0.25) is 4.79 Å². The fourth-order valence-corrected chi connectivity index (χ4v) is 2.81. The Morgan fingerprint density at radius 1 is 1.17 bits per heavy atom. The fourth-order valence-electron chi connectivity index (χ4n) is 2.81. The van der Waals surface area contributed by atoms with Crippen LogP contribution in [0.1, 0.15) is 78.1 Å². The molecule has 4 atom stereocenters. The van der Waals surface area contributed by atoms with Crippen LogP contribution >= 0.6 is 0 Å². The van der Waals surface area contributed by atoms with Crippen molar-refractivity contribution in [2.75, 3.05) is 0 Å². The maximum Gasteiger partial charge on any atom is 0.306 e. The maximum absolute atomic E-state index is 10.7. The summed E-state index contributed by atoms with van der Waals surface area (Å²) in [5.74, 6) is -1.10. The second kappa shape index (κ2) is 11.6. The lowest BCUT2D eigenvalue weighted by Crippen LogP contribution is -2.14. The number of ether oxygens (including phenoxy) is 1. The van der Waals surface area contributed by atoms with Gasteiger partial charge in [0.2, 0.25) is 0 Å². The van der Waals surface area contributed by atoms with Crippen molar-refractivity contribution in [1.82, 2.24) is 0 Å². The Morgan fingerprint density at radius 3 is 2.48 bits per heavy atom. The molecule has 4 heteroatoms. The van der Waals surface area contributed by atoms with Crippen molar-refractivity contribution >= 4 is 5.97 Å². The molecule has 0 aliphatic carbocycles. The summed E-state index contributed by atoms with van der Waals surface area (Å²) in [5, 5.41) is 18.8. The molecule has 23 heavy (non-hydrogen) atoms. The summed E-state index contributed by atoms with van der Waals surface area (Å²) in [4.78, 5) is 10.7. The van der Waals surface area contributed by atoms with Crippen molar-refractivity contribution in [3.05, 3.63) is 12.2 Å². The Balaban J connectivity index is 2.00. The predicted molar refractivity (Wildman–Crippen MR) is 92.5 cm³/mol. The average molecular weight is 326 g/mol. The number of hydrogen-bond acceptors (Lipinski definition) is 3. The zero-order chi connectivity index (χ0) is 17.1. The lowest BCUT2D eigenvalue weighted by atomic mass is 10.0. The van der Waals surface area contributed by atoms with Gasteiger partial charge in [0.1, 0.15) is 12.2 Å². The van der Waals surface area contributed by atoms with Crippen LogP contribution in [0.5, 0.6) is 0 Å². The average Bonchev–Trinajstić information content (AvgIpc) is 3.29. The second-order valence-electron chi connectivity index (χ2n) is 6.78. The number of allylic oxidation sites excluding steroid dienone is 1. The highest BCUT2D eigenvalue weighted by atomic mass is 16.6. The Morgan fingerprint density at radius 2 is 1.83 bits per heavy atom. The Bertz CT molecular complexity index is 353. The van der Waals surface area contributed by atoms with Crippen LogP contribution in [0.3, 0.4) is 0 Å². The summed E-state index contributed by atoms with van der Waals surface area (Å²) in [6.45, 7) is 3.94. The molecule has 1 heterocycles. The molecule has 0 saturated carbocycles. The van der Waals surface area contributed by atoms with E-state index in [1.54, 1.807) is 13.0 Å². The number of aliphatic hydroxyl groups excluding tert-OH is 1. The predicted octanol–water partition coefficient (Wildman–Crippen LogP) is 4.31. The van der Waals surface area contributed by atoms with Gasteiger partial charge in [-0.15, -0.1) is 0 Å². The molecular formula is C19H34O4. The van der Waals surface area contributed by atoms with Gasteiger partial charge < -0.3 is 14.9 Å². The molecule has 0 aromatic carbocycles. The number of carboxylic acid groups (broad SMARTS) is 1. The van der Waals surface area contributed by atoms with E-state index in [4.69, 9.17) is 9.84 Å². The van der Waals surface area contributed by atoms with Crippen LogP contribution in [0, 0.1) is 5.92 Å². The first-order valence-electron chi connectivity index (χ1n) is 9.29. The van der Waals surface area contributed by atoms with Crippen LogP contribution in [-0.4, -0.2) is 34.5 Å². The van der Waals surface area contributed by atoms with Crippen molar-refractivity contribution in [3.8, 4) is 0 Å². The third kappa shape index (κ3) is 9.11. The first-order chi connectivity index (χ1) is 11.1.